The molecule has 0 saturated carbocycles. The largest absolute Gasteiger partial charge is 0.479 e. The number of urea groups is 1. The summed E-state index contributed by atoms with van der Waals surface area (Å²) in [4.78, 5) is 25.8. The highest BCUT2D eigenvalue weighted by molar-refractivity contribution is 9.10. The van der Waals surface area contributed by atoms with E-state index in [0.717, 1.165) is 0 Å². The number of carboxylic acids is 1. The second-order valence-corrected chi connectivity index (χ2v) is 4.04. The van der Waals surface area contributed by atoms with Crippen molar-refractivity contribution >= 4 is 45.2 Å². The zero-order chi connectivity index (χ0) is 12.8. The van der Waals surface area contributed by atoms with Crippen molar-refractivity contribution in [1.82, 2.24) is 5.48 Å². The van der Waals surface area contributed by atoms with Gasteiger partial charge in [0.05, 0.1) is 15.2 Å². The molecule has 0 heterocycles. The second-order valence-electron chi connectivity index (χ2n) is 2.84. The van der Waals surface area contributed by atoms with Crippen molar-refractivity contribution in [1.29, 1.82) is 0 Å². The van der Waals surface area contributed by atoms with Crippen LogP contribution in [0.1, 0.15) is 0 Å². The standard InChI is InChI=1S/C9H8BrClN2O4/c10-8-5(11)2-1-3-6(8)12-9(16)13-17-4-7(14)15/h1-3H,4H2,(H,14,15)(H2,12,13,16). The van der Waals surface area contributed by atoms with Crippen LogP contribution in [0.15, 0.2) is 22.7 Å². The predicted molar refractivity (Wildman–Crippen MR) is 64.9 cm³/mol. The van der Waals surface area contributed by atoms with Gasteiger partial charge < -0.3 is 10.4 Å². The summed E-state index contributed by atoms with van der Waals surface area (Å²) in [5, 5.41) is 11.1. The molecule has 92 valence electrons. The van der Waals surface area contributed by atoms with E-state index in [0.29, 0.717) is 15.2 Å². The molecule has 17 heavy (non-hydrogen) atoms. The first-order valence-electron chi connectivity index (χ1n) is 4.35. The maximum absolute atomic E-state index is 11.3. The van der Waals surface area contributed by atoms with E-state index < -0.39 is 18.6 Å². The third-order valence-electron chi connectivity index (χ3n) is 1.56. The molecule has 2 amide bonds. The van der Waals surface area contributed by atoms with Crippen molar-refractivity contribution in [2.45, 2.75) is 0 Å². The number of carboxylic acid groups (broad SMARTS) is 1. The minimum Gasteiger partial charge on any atom is -0.479 e. The van der Waals surface area contributed by atoms with Crippen LogP contribution >= 0.6 is 27.5 Å². The van der Waals surface area contributed by atoms with Crippen LogP contribution in [0, 0.1) is 0 Å². The minimum atomic E-state index is -1.19. The van der Waals surface area contributed by atoms with Crippen molar-refractivity contribution in [2.24, 2.45) is 0 Å². The molecule has 0 unspecified atom stereocenters. The molecule has 0 aliphatic carbocycles. The lowest BCUT2D eigenvalue weighted by atomic mass is 10.3. The van der Waals surface area contributed by atoms with Crippen LogP contribution in [0.25, 0.3) is 0 Å². The Morgan fingerprint density at radius 2 is 2.18 bits per heavy atom. The topological polar surface area (TPSA) is 87.7 Å². The lowest BCUT2D eigenvalue weighted by molar-refractivity contribution is -0.143. The number of carbonyl (C=O) groups is 2. The van der Waals surface area contributed by atoms with E-state index in [2.05, 4.69) is 26.1 Å². The molecular weight excluding hydrogens is 315 g/mol. The van der Waals surface area contributed by atoms with E-state index in [1.807, 2.05) is 5.48 Å². The van der Waals surface area contributed by atoms with Crippen LogP contribution < -0.4 is 10.8 Å². The monoisotopic (exact) mass is 322 g/mol. The first kappa shape index (κ1) is 13.8. The number of carbonyl (C=O) groups excluding carboxylic acids is 1. The summed E-state index contributed by atoms with van der Waals surface area (Å²) in [6, 6.07) is 4.22. The molecule has 1 aromatic carbocycles. The fourth-order valence-electron chi connectivity index (χ4n) is 0.912. The number of amides is 2. The third kappa shape index (κ3) is 4.59. The molecule has 0 aliphatic rings. The Balaban J connectivity index is 2.51. The summed E-state index contributed by atoms with van der Waals surface area (Å²) in [7, 11) is 0. The van der Waals surface area contributed by atoms with Gasteiger partial charge in [0, 0.05) is 0 Å². The van der Waals surface area contributed by atoms with Crippen LogP contribution in [0.4, 0.5) is 10.5 Å². The predicted octanol–water partition coefficient (Wildman–Crippen LogP) is 2.24. The van der Waals surface area contributed by atoms with Gasteiger partial charge in [-0.15, -0.1) is 0 Å². The summed E-state index contributed by atoms with van der Waals surface area (Å²) in [5.74, 6) is -1.19. The Morgan fingerprint density at radius 3 is 2.82 bits per heavy atom. The molecule has 0 spiro atoms. The zero-order valence-corrected chi connectivity index (χ0v) is 10.7. The Hall–Kier alpha value is -1.31. The molecule has 0 aromatic heterocycles. The molecule has 0 bridgehead atoms. The van der Waals surface area contributed by atoms with Gasteiger partial charge >= 0.3 is 12.0 Å². The average molecular weight is 324 g/mol. The molecule has 0 saturated heterocycles. The highest BCUT2D eigenvalue weighted by atomic mass is 79.9. The molecule has 1 rings (SSSR count). The van der Waals surface area contributed by atoms with Crippen molar-refractivity contribution in [3.8, 4) is 0 Å². The number of halogens is 2. The SMILES string of the molecule is O=C(O)CONC(=O)Nc1cccc(Cl)c1Br. The van der Waals surface area contributed by atoms with E-state index in [4.69, 9.17) is 16.7 Å². The molecular formula is C9H8BrClN2O4. The number of aliphatic carboxylic acids is 1. The first-order chi connectivity index (χ1) is 8.00. The van der Waals surface area contributed by atoms with Gasteiger partial charge in [-0.25, -0.2) is 15.1 Å². The van der Waals surface area contributed by atoms with Gasteiger partial charge in [-0.05, 0) is 28.1 Å². The lowest BCUT2D eigenvalue weighted by Gasteiger charge is -2.08. The molecule has 3 N–H and O–H groups in total. The molecule has 0 atom stereocenters. The quantitative estimate of drug-likeness (QED) is 0.742. The number of nitrogens with one attached hydrogen (secondary N) is 2. The fraction of sp³-hybridized carbons (Fsp3) is 0.111. The Kier molecular flexibility index (Phi) is 5.20. The Bertz CT molecular complexity index is 441. The van der Waals surface area contributed by atoms with Crippen LogP contribution in [0.5, 0.6) is 0 Å². The molecule has 0 aliphatic heterocycles. The molecule has 0 radical (unpaired) electrons. The van der Waals surface area contributed by atoms with E-state index in [9.17, 15) is 9.59 Å². The van der Waals surface area contributed by atoms with Gasteiger partial charge in [-0.2, -0.15) is 0 Å². The highest BCUT2D eigenvalue weighted by Gasteiger charge is 2.08. The van der Waals surface area contributed by atoms with Gasteiger partial charge in [0.2, 0.25) is 0 Å². The van der Waals surface area contributed by atoms with Crippen molar-refractivity contribution < 1.29 is 19.5 Å². The van der Waals surface area contributed by atoms with Crippen LogP contribution in [0.2, 0.25) is 5.02 Å². The van der Waals surface area contributed by atoms with E-state index in [1.165, 1.54) is 0 Å². The van der Waals surface area contributed by atoms with Crippen LogP contribution in [-0.4, -0.2) is 23.7 Å². The Labute approximate surface area is 110 Å². The number of anilines is 1. The summed E-state index contributed by atoms with van der Waals surface area (Å²) in [6.07, 6.45) is 0. The number of rotatable bonds is 4. The average Bonchev–Trinajstić information content (AvgIpc) is 2.24. The van der Waals surface area contributed by atoms with Crippen molar-refractivity contribution in [3.05, 3.63) is 27.7 Å². The van der Waals surface area contributed by atoms with Gasteiger partial charge in [0.25, 0.3) is 0 Å². The number of hydrogen-bond acceptors (Lipinski definition) is 3. The number of benzene rings is 1. The van der Waals surface area contributed by atoms with Gasteiger partial charge in [0.15, 0.2) is 6.61 Å². The lowest BCUT2D eigenvalue weighted by Crippen LogP contribution is -2.30. The first-order valence-corrected chi connectivity index (χ1v) is 5.52. The van der Waals surface area contributed by atoms with Crippen LogP contribution in [-0.2, 0) is 9.63 Å². The number of hydrogen-bond donors (Lipinski definition) is 3. The maximum Gasteiger partial charge on any atom is 0.343 e. The third-order valence-corrected chi connectivity index (χ3v) is 2.96. The Morgan fingerprint density at radius 1 is 1.47 bits per heavy atom. The highest BCUT2D eigenvalue weighted by Crippen LogP contribution is 2.29. The van der Waals surface area contributed by atoms with E-state index >= 15 is 0 Å². The van der Waals surface area contributed by atoms with Crippen LogP contribution in [0.3, 0.4) is 0 Å². The summed E-state index contributed by atoms with van der Waals surface area (Å²) >= 11 is 9.01. The summed E-state index contributed by atoms with van der Waals surface area (Å²) in [5.41, 5.74) is 2.35. The van der Waals surface area contributed by atoms with Gasteiger partial charge in [-0.3, -0.25) is 4.84 Å². The smallest absolute Gasteiger partial charge is 0.343 e. The molecule has 1 aromatic rings. The molecule has 6 nitrogen and oxygen atoms in total. The van der Waals surface area contributed by atoms with Gasteiger partial charge in [-0.1, -0.05) is 17.7 Å². The van der Waals surface area contributed by atoms with Crippen molar-refractivity contribution in [2.75, 3.05) is 11.9 Å². The zero-order valence-electron chi connectivity index (χ0n) is 8.37. The molecule has 8 heteroatoms. The number of hydroxylamine groups is 1. The van der Waals surface area contributed by atoms with E-state index in [1.54, 1.807) is 18.2 Å². The summed E-state index contributed by atoms with van der Waals surface area (Å²) < 4.78 is 0.523. The second kappa shape index (κ2) is 6.43. The van der Waals surface area contributed by atoms with Crippen molar-refractivity contribution in [3.63, 3.8) is 0 Å². The fourth-order valence-corrected chi connectivity index (χ4v) is 1.45. The normalized spacial score (nSPS) is 9.76. The maximum atomic E-state index is 11.3. The summed E-state index contributed by atoms with van der Waals surface area (Å²) in [6.45, 7) is -0.621. The van der Waals surface area contributed by atoms with E-state index in [-0.39, 0.29) is 0 Å². The molecule has 0 fully saturated rings. The van der Waals surface area contributed by atoms with Gasteiger partial charge in [0.1, 0.15) is 0 Å². The minimum absolute atomic E-state index is 0.439.